The molecule has 0 spiro atoms. The lowest BCUT2D eigenvalue weighted by Crippen LogP contribution is -2.26. The second kappa shape index (κ2) is 6.08. The van der Waals surface area contributed by atoms with E-state index in [0.29, 0.717) is 11.6 Å². The minimum Gasteiger partial charge on any atom is -0.349 e. The zero-order chi connectivity index (χ0) is 16.6. The number of amides is 2. The van der Waals surface area contributed by atoms with Gasteiger partial charge in [-0.15, -0.1) is 0 Å². The Balaban J connectivity index is 1.64. The van der Waals surface area contributed by atoms with Gasteiger partial charge in [0.15, 0.2) is 5.13 Å². The van der Waals surface area contributed by atoms with Crippen LogP contribution in [0.1, 0.15) is 6.42 Å². The molecule has 5 nitrogen and oxygen atoms in total. The zero-order valence-corrected chi connectivity index (χ0v) is 13.6. The molecule has 0 bridgehead atoms. The van der Waals surface area contributed by atoms with Crippen LogP contribution in [0.25, 0.3) is 10.4 Å². The minimum atomic E-state index is -0.315. The van der Waals surface area contributed by atoms with E-state index in [-0.39, 0.29) is 29.5 Å². The first-order valence-electron chi connectivity index (χ1n) is 7.19. The van der Waals surface area contributed by atoms with E-state index >= 15 is 0 Å². The van der Waals surface area contributed by atoms with E-state index in [2.05, 4.69) is 10.3 Å². The first-order chi connectivity index (χ1) is 11.0. The Morgan fingerprint density at radius 2 is 2.13 bits per heavy atom. The van der Waals surface area contributed by atoms with Crippen molar-refractivity contribution in [3.63, 3.8) is 0 Å². The Morgan fingerprint density at radius 1 is 1.35 bits per heavy atom. The highest BCUT2D eigenvalue weighted by Gasteiger charge is 2.48. The molecule has 120 valence electrons. The van der Waals surface area contributed by atoms with Gasteiger partial charge in [-0.05, 0) is 24.1 Å². The quantitative estimate of drug-likeness (QED) is 0.935. The standard InChI is InChI=1S/C16H16FN3O2S/c1-20(2)15(22)12-7-11(12)14(21)19-16-18-8-13(23-16)9-4-3-5-10(17)6-9/h3-6,8,11-12H,7H2,1-2H3,(H,18,19,21)/t11-,12+/m0/s1. The lowest BCUT2D eigenvalue weighted by Gasteiger charge is -2.09. The number of hydrogen-bond acceptors (Lipinski definition) is 4. The van der Waals surface area contributed by atoms with E-state index in [9.17, 15) is 14.0 Å². The smallest absolute Gasteiger partial charge is 0.230 e. The van der Waals surface area contributed by atoms with E-state index in [1.54, 1.807) is 32.4 Å². The molecule has 1 heterocycles. The molecule has 1 aromatic carbocycles. The average Bonchev–Trinajstić information content (AvgIpc) is 3.18. The molecule has 2 amide bonds. The lowest BCUT2D eigenvalue weighted by molar-refractivity contribution is -0.131. The van der Waals surface area contributed by atoms with Crippen molar-refractivity contribution in [1.82, 2.24) is 9.88 Å². The van der Waals surface area contributed by atoms with Crippen LogP contribution in [-0.2, 0) is 9.59 Å². The Morgan fingerprint density at radius 3 is 2.83 bits per heavy atom. The predicted octanol–water partition coefficient (Wildman–Crippen LogP) is 2.61. The summed E-state index contributed by atoms with van der Waals surface area (Å²) in [5.74, 6) is -1.04. The summed E-state index contributed by atoms with van der Waals surface area (Å²) in [6.07, 6.45) is 2.18. The van der Waals surface area contributed by atoms with Crippen molar-refractivity contribution in [2.24, 2.45) is 11.8 Å². The van der Waals surface area contributed by atoms with Gasteiger partial charge in [0.2, 0.25) is 11.8 Å². The summed E-state index contributed by atoms with van der Waals surface area (Å²) in [5, 5.41) is 3.19. The molecule has 3 rings (SSSR count). The number of anilines is 1. The van der Waals surface area contributed by atoms with Gasteiger partial charge in [0.1, 0.15) is 5.82 Å². The second-order valence-electron chi connectivity index (χ2n) is 5.71. The van der Waals surface area contributed by atoms with Gasteiger partial charge in [0, 0.05) is 20.3 Å². The van der Waals surface area contributed by atoms with Crippen LogP contribution < -0.4 is 5.32 Å². The topological polar surface area (TPSA) is 62.3 Å². The Kier molecular flexibility index (Phi) is 4.12. The van der Waals surface area contributed by atoms with Crippen LogP contribution in [0, 0.1) is 17.7 Å². The minimum absolute atomic E-state index is 0.0234. The maximum absolute atomic E-state index is 13.2. The van der Waals surface area contributed by atoms with Crippen molar-refractivity contribution in [3.05, 3.63) is 36.3 Å². The molecular weight excluding hydrogens is 317 g/mol. The fraction of sp³-hybridized carbons (Fsp3) is 0.312. The predicted molar refractivity (Wildman–Crippen MR) is 86.4 cm³/mol. The number of carbonyl (C=O) groups excluding carboxylic acids is 2. The molecule has 1 N–H and O–H groups in total. The van der Waals surface area contributed by atoms with E-state index in [1.165, 1.54) is 28.4 Å². The molecule has 7 heteroatoms. The first kappa shape index (κ1) is 15.6. The first-order valence-corrected chi connectivity index (χ1v) is 8.01. The molecular formula is C16H16FN3O2S. The van der Waals surface area contributed by atoms with Gasteiger partial charge < -0.3 is 10.2 Å². The highest BCUT2D eigenvalue weighted by Crippen LogP contribution is 2.41. The third-order valence-corrected chi connectivity index (χ3v) is 4.69. The molecule has 0 saturated heterocycles. The number of benzene rings is 1. The van der Waals surface area contributed by atoms with Crippen LogP contribution in [-0.4, -0.2) is 35.8 Å². The molecule has 1 fully saturated rings. The number of thiazole rings is 1. The summed E-state index contributed by atoms with van der Waals surface area (Å²) in [4.78, 5) is 30.4. The molecule has 0 aliphatic heterocycles. The lowest BCUT2D eigenvalue weighted by atomic mass is 10.2. The van der Waals surface area contributed by atoms with Crippen molar-refractivity contribution in [2.75, 3.05) is 19.4 Å². The fourth-order valence-electron chi connectivity index (χ4n) is 2.39. The molecule has 1 aliphatic rings. The van der Waals surface area contributed by atoms with Crippen molar-refractivity contribution >= 4 is 28.3 Å². The van der Waals surface area contributed by atoms with E-state index < -0.39 is 0 Å². The van der Waals surface area contributed by atoms with Gasteiger partial charge >= 0.3 is 0 Å². The number of rotatable bonds is 4. The van der Waals surface area contributed by atoms with E-state index in [1.807, 2.05) is 0 Å². The van der Waals surface area contributed by atoms with E-state index in [4.69, 9.17) is 0 Å². The van der Waals surface area contributed by atoms with Crippen LogP contribution in [0.5, 0.6) is 0 Å². The summed E-state index contributed by atoms with van der Waals surface area (Å²) in [5.41, 5.74) is 0.718. The second-order valence-corrected chi connectivity index (χ2v) is 6.74. The van der Waals surface area contributed by atoms with Gasteiger partial charge in [-0.3, -0.25) is 9.59 Å². The SMILES string of the molecule is CN(C)C(=O)[C@@H]1C[C@@H]1C(=O)Nc1ncc(-c2cccc(F)c2)s1. The summed E-state index contributed by atoms with van der Waals surface area (Å²) in [7, 11) is 3.36. The van der Waals surface area contributed by atoms with Crippen LogP contribution >= 0.6 is 11.3 Å². The van der Waals surface area contributed by atoms with Gasteiger partial charge in [0.25, 0.3) is 0 Å². The Bertz CT molecular complexity index is 759. The summed E-state index contributed by atoms with van der Waals surface area (Å²) in [6.45, 7) is 0. The normalized spacial score (nSPS) is 19.3. The largest absolute Gasteiger partial charge is 0.349 e. The number of aromatic nitrogens is 1. The maximum atomic E-state index is 13.2. The monoisotopic (exact) mass is 333 g/mol. The fourth-order valence-corrected chi connectivity index (χ4v) is 3.21. The average molecular weight is 333 g/mol. The van der Waals surface area contributed by atoms with Crippen LogP contribution in [0.3, 0.4) is 0 Å². The van der Waals surface area contributed by atoms with Crippen LogP contribution in [0.4, 0.5) is 9.52 Å². The molecule has 0 radical (unpaired) electrons. The number of carbonyl (C=O) groups is 2. The summed E-state index contributed by atoms with van der Waals surface area (Å²) >= 11 is 1.28. The Hall–Kier alpha value is -2.28. The maximum Gasteiger partial charge on any atom is 0.230 e. The van der Waals surface area contributed by atoms with Crippen molar-refractivity contribution in [3.8, 4) is 10.4 Å². The Labute approximate surface area is 137 Å². The molecule has 1 aliphatic carbocycles. The molecule has 1 aromatic heterocycles. The number of nitrogens with one attached hydrogen (secondary N) is 1. The van der Waals surface area contributed by atoms with E-state index in [0.717, 1.165) is 10.4 Å². The van der Waals surface area contributed by atoms with Gasteiger partial charge in [-0.2, -0.15) is 0 Å². The number of halogens is 1. The van der Waals surface area contributed by atoms with Crippen LogP contribution in [0.15, 0.2) is 30.5 Å². The zero-order valence-electron chi connectivity index (χ0n) is 12.7. The number of nitrogens with zero attached hydrogens (tertiary/aromatic N) is 2. The molecule has 2 aromatic rings. The molecule has 23 heavy (non-hydrogen) atoms. The number of hydrogen-bond donors (Lipinski definition) is 1. The molecule has 0 unspecified atom stereocenters. The van der Waals surface area contributed by atoms with Crippen molar-refractivity contribution < 1.29 is 14.0 Å². The van der Waals surface area contributed by atoms with Crippen LogP contribution in [0.2, 0.25) is 0 Å². The van der Waals surface area contributed by atoms with Gasteiger partial charge in [-0.25, -0.2) is 9.37 Å². The van der Waals surface area contributed by atoms with Gasteiger partial charge in [-0.1, -0.05) is 23.5 Å². The summed E-state index contributed by atoms with van der Waals surface area (Å²) < 4.78 is 13.2. The molecule has 1 saturated carbocycles. The van der Waals surface area contributed by atoms with Crippen molar-refractivity contribution in [1.29, 1.82) is 0 Å². The molecule has 2 atom stereocenters. The van der Waals surface area contributed by atoms with Crippen molar-refractivity contribution in [2.45, 2.75) is 6.42 Å². The third kappa shape index (κ3) is 3.39. The third-order valence-electron chi connectivity index (χ3n) is 3.73. The highest BCUT2D eigenvalue weighted by molar-refractivity contribution is 7.19. The summed E-state index contributed by atoms with van der Waals surface area (Å²) in [6, 6.07) is 6.22. The highest BCUT2D eigenvalue weighted by atomic mass is 32.1. The van der Waals surface area contributed by atoms with Gasteiger partial charge in [0.05, 0.1) is 16.7 Å².